The summed E-state index contributed by atoms with van der Waals surface area (Å²) in [6, 6.07) is 7.28. The average Bonchev–Trinajstić information content (AvgIpc) is 2.53. The molecule has 3 amide bonds. The molecule has 1 saturated heterocycles. The second-order valence-corrected chi connectivity index (χ2v) is 6.36. The van der Waals surface area contributed by atoms with E-state index < -0.39 is 0 Å². The Kier molecular flexibility index (Phi) is 6.20. The van der Waals surface area contributed by atoms with Crippen molar-refractivity contribution in [2.24, 2.45) is 0 Å². The van der Waals surface area contributed by atoms with Crippen molar-refractivity contribution in [2.45, 2.75) is 52.4 Å². The van der Waals surface area contributed by atoms with Gasteiger partial charge in [0, 0.05) is 25.7 Å². The molecule has 1 aromatic rings. The maximum Gasteiger partial charge on any atom is 0.318 e. The molecule has 1 aliphatic heterocycles. The summed E-state index contributed by atoms with van der Waals surface area (Å²) in [7, 11) is 0. The number of carbonyl (C=O) groups is 2. The molecule has 2 rings (SSSR count). The fourth-order valence-corrected chi connectivity index (χ4v) is 2.89. The summed E-state index contributed by atoms with van der Waals surface area (Å²) in [5.41, 5.74) is 1.68. The van der Waals surface area contributed by atoms with Crippen LogP contribution in [0.25, 0.3) is 0 Å². The maximum atomic E-state index is 12.5. The van der Waals surface area contributed by atoms with Crippen LogP contribution >= 0.6 is 0 Å². The van der Waals surface area contributed by atoms with E-state index in [0.717, 1.165) is 17.7 Å². The van der Waals surface area contributed by atoms with Crippen LogP contribution in [-0.4, -0.2) is 42.1 Å². The van der Waals surface area contributed by atoms with E-state index in [1.165, 1.54) is 6.92 Å². The molecular weight excluding hydrogens is 306 g/mol. The van der Waals surface area contributed by atoms with Gasteiger partial charge in [-0.15, -0.1) is 0 Å². The maximum absolute atomic E-state index is 12.5. The lowest BCUT2D eigenvalue weighted by Crippen LogP contribution is -2.52. The van der Waals surface area contributed by atoms with Crippen molar-refractivity contribution in [3.8, 4) is 0 Å². The molecule has 0 spiro atoms. The molecule has 2 N–H and O–H groups in total. The molecule has 0 aliphatic carbocycles. The number of anilines is 1. The number of benzene rings is 1. The Morgan fingerprint density at radius 3 is 2.79 bits per heavy atom. The molecular formula is C18H27N3O3. The third-order valence-corrected chi connectivity index (χ3v) is 4.12. The monoisotopic (exact) mass is 333 g/mol. The van der Waals surface area contributed by atoms with Crippen molar-refractivity contribution in [2.75, 3.05) is 18.4 Å². The third-order valence-electron chi connectivity index (χ3n) is 4.12. The number of carbonyl (C=O) groups excluding carboxylic acids is 2. The van der Waals surface area contributed by atoms with Crippen molar-refractivity contribution < 1.29 is 14.3 Å². The lowest BCUT2D eigenvalue weighted by molar-refractivity contribution is -0.114. The Balaban J connectivity index is 1.99. The molecule has 0 radical (unpaired) electrons. The smallest absolute Gasteiger partial charge is 0.318 e. The quantitative estimate of drug-likeness (QED) is 0.890. The summed E-state index contributed by atoms with van der Waals surface area (Å²) in [6.45, 7) is 8.68. The first-order valence-corrected chi connectivity index (χ1v) is 8.47. The number of morpholine rings is 1. The minimum Gasteiger partial charge on any atom is -0.372 e. The van der Waals surface area contributed by atoms with Gasteiger partial charge < -0.3 is 20.3 Å². The standard InChI is InChI=1S/C18H27N3O3/c1-5-17-11-21(10-12(2)24-17)18(23)19-13(3)15-7-6-8-16(9-15)20-14(4)22/h6-9,12-13,17H,5,10-11H2,1-4H3,(H,19,23)(H,20,22)/t12-,13+,17-/m1/s1. The van der Waals surface area contributed by atoms with E-state index in [9.17, 15) is 9.59 Å². The zero-order chi connectivity index (χ0) is 17.7. The topological polar surface area (TPSA) is 70.7 Å². The Bertz CT molecular complexity index is 591. The van der Waals surface area contributed by atoms with Crippen LogP contribution in [0, 0.1) is 0 Å². The van der Waals surface area contributed by atoms with Gasteiger partial charge in [0.1, 0.15) is 0 Å². The zero-order valence-corrected chi connectivity index (χ0v) is 14.8. The molecule has 0 aromatic heterocycles. The molecule has 1 heterocycles. The predicted octanol–water partition coefficient (Wildman–Crippen LogP) is 2.91. The molecule has 1 aromatic carbocycles. The second-order valence-electron chi connectivity index (χ2n) is 6.36. The molecule has 0 unspecified atom stereocenters. The van der Waals surface area contributed by atoms with Crippen LogP contribution < -0.4 is 10.6 Å². The summed E-state index contributed by atoms with van der Waals surface area (Å²) < 4.78 is 5.80. The summed E-state index contributed by atoms with van der Waals surface area (Å²) in [5.74, 6) is -0.114. The molecule has 3 atom stereocenters. The molecule has 24 heavy (non-hydrogen) atoms. The molecule has 6 nitrogen and oxygen atoms in total. The van der Waals surface area contributed by atoms with Crippen molar-refractivity contribution in [3.05, 3.63) is 29.8 Å². The van der Waals surface area contributed by atoms with Crippen molar-refractivity contribution in [1.82, 2.24) is 10.2 Å². The number of ether oxygens (including phenoxy) is 1. The van der Waals surface area contributed by atoms with Crippen LogP contribution in [-0.2, 0) is 9.53 Å². The molecule has 1 fully saturated rings. The molecule has 1 aliphatic rings. The van der Waals surface area contributed by atoms with Crippen LogP contribution in [0.15, 0.2) is 24.3 Å². The summed E-state index contributed by atoms with van der Waals surface area (Å²) in [6.07, 6.45) is 1.04. The van der Waals surface area contributed by atoms with Gasteiger partial charge in [-0.2, -0.15) is 0 Å². The first-order valence-electron chi connectivity index (χ1n) is 8.47. The van der Waals surface area contributed by atoms with Gasteiger partial charge >= 0.3 is 6.03 Å². The Morgan fingerprint density at radius 1 is 1.38 bits per heavy atom. The van der Waals surface area contributed by atoms with Gasteiger partial charge in [-0.05, 0) is 38.0 Å². The van der Waals surface area contributed by atoms with Gasteiger partial charge in [0.2, 0.25) is 5.91 Å². The van der Waals surface area contributed by atoms with Crippen LogP contribution in [0.4, 0.5) is 10.5 Å². The van der Waals surface area contributed by atoms with Crippen LogP contribution in [0.5, 0.6) is 0 Å². The van der Waals surface area contributed by atoms with Gasteiger partial charge in [0.05, 0.1) is 18.2 Å². The van der Waals surface area contributed by atoms with Crippen molar-refractivity contribution in [1.29, 1.82) is 0 Å². The molecule has 0 bridgehead atoms. The number of hydrogen-bond donors (Lipinski definition) is 2. The number of nitrogens with one attached hydrogen (secondary N) is 2. The van der Waals surface area contributed by atoms with Gasteiger partial charge in [-0.3, -0.25) is 4.79 Å². The van der Waals surface area contributed by atoms with E-state index in [0.29, 0.717) is 13.1 Å². The fraction of sp³-hybridized carbons (Fsp3) is 0.556. The van der Waals surface area contributed by atoms with Gasteiger partial charge in [0.15, 0.2) is 0 Å². The highest BCUT2D eigenvalue weighted by Gasteiger charge is 2.28. The first kappa shape index (κ1) is 18.3. The number of amides is 3. The molecule has 132 valence electrons. The highest BCUT2D eigenvalue weighted by atomic mass is 16.5. The van der Waals surface area contributed by atoms with Crippen LogP contribution in [0.2, 0.25) is 0 Å². The highest BCUT2D eigenvalue weighted by Crippen LogP contribution is 2.19. The Hall–Kier alpha value is -2.08. The summed E-state index contributed by atoms with van der Waals surface area (Å²) in [5, 5.41) is 5.79. The minimum absolute atomic E-state index is 0.0489. The minimum atomic E-state index is -0.149. The lowest BCUT2D eigenvalue weighted by Gasteiger charge is -2.37. The van der Waals surface area contributed by atoms with Gasteiger partial charge in [0.25, 0.3) is 0 Å². The highest BCUT2D eigenvalue weighted by molar-refractivity contribution is 5.88. The molecule has 6 heteroatoms. The normalized spacial score (nSPS) is 21.9. The summed E-state index contributed by atoms with van der Waals surface area (Å²) in [4.78, 5) is 25.5. The predicted molar refractivity (Wildman–Crippen MR) is 93.9 cm³/mol. The number of hydrogen-bond acceptors (Lipinski definition) is 3. The van der Waals surface area contributed by atoms with E-state index >= 15 is 0 Å². The number of urea groups is 1. The lowest BCUT2D eigenvalue weighted by atomic mass is 10.1. The second kappa shape index (κ2) is 8.15. The van der Waals surface area contributed by atoms with E-state index in [4.69, 9.17) is 4.74 Å². The number of nitrogens with zero attached hydrogens (tertiary/aromatic N) is 1. The van der Waals surface area contributed by atoms with Crippen molar-refractivity contribution in [3.63, 3.8) is 0 Å². The van der Waals surface area contributed by atoms with E-state index in [1.54, 1.807) is 0 Å². The summed E-state index contributed by atoms with van der Waals surface area (Å²) >= 11 is 0. The van der Waals surface area contributed by atoms with Gasteiger partial charge in [-0.25, -0.2) is 4.79 Å². The SMILES string of the molecule is CC[C@@H]1CN(C(=O)N[C@@H](C)c2cccc(NC(C)=O)c2)C[C@@H](C)O1. The largest absolute Gasteiger partial charge is 0.372 e. The van der Waals surface area contributed by atoms with E-state index in [2.05, 4.69) is 17.6 Å². The molecule has 0 saturated carbocycles. The average molecular weight is 333 g/mol. The Morgan fingerprint density at radius 2 is 2.12 bits per heavy atom. The van der Waals surface area contributed by atoms with Crippen molar-refractivity contribution >= 4 is 17.6 Å². The van der Waals surface area contributed by atoms with Crippen LogP contribution in [0.1, 0.15) is 45.7 Å². The van der Waals surface area contributed by atoms with Crippen LogP contribution in [0.3, 0.4) is 0 Å². The van der Waals surface area contributed by atoms with E-state index in [-0.39, 0.29) is 30.2 Å². The van der Waals surface area contributed by atoms with Gasteiger partial charge in [-0.1, -0.05) is 19.1 Å². The fourth-order valence-electron chi connectivity index (χ4n) is 2.89. The Labute approximate surface area is 143 Å². The number of rotatable bonds is 4. The third kappa shape index (κ3) is 4.96. The first-order chi connectivity index (χ1) is 11.4. The zero-order valence-electron chi connectivity index (χ0n) is 14.8. The van der Waals surface area contributed by atoms with E-state index in [1.807, 2.05) is 43.0 Å².